The SMILES string of the molecule is Cc1cccc(-n2nc(-c3ccccc3)c3c2N(CC(=O)NC(C)C)C(=O)CS[C@@H]3c2cccc(Cl)c2)c1C. The molecule has 0 unspecified atom stereocenters. The maximum Gasteiger partial charge on any atom is 0.240 e. The Morgan fingerprint density at radius 2 is 1.82 bits per heavy atom. The fourth-order valence-corrected chi connectivity index (χ4v) is 6.29. The van der Waals surface area contributed by atoms with Crippen LogP contribution < -0.4 is 10.2 Å². The highest BCUT2D eigenvalue weighted by Gasteiger charge is 2.38. The number of fused-ring (bicyclic) bond motifs is 1. The van der Waals surface area contributed by atoms with Gasteiger partial charge in [-0.05, 0) is 62.6 Å². The van der Waals surface area contributed by atoms with Crippen molar-refractivity contribution in [1.82, 2.24) is 15.1 Å². The summed E-state index contributed by atoms with van der Waals surface area (Å²) in [5.41, 5.74) is 6.61. The van der Waals surface area contributed by atoms with E-state index in [2.05, 4.69) is 25.2 Å². The summed E-state index contributed by atoms with van der Waals surface area (Å²) >= 11 is 7.97. The minimum absolute atomic E-state index is 0.0450. The van der Waals surface area contributed by atoms with Crippen LogP contribution in [-0.2, 0) is 9.59 Å². The topological polar surface area (TPSA) is 67.2 Å². The zero-order chi connectivity index (χ0) is 27.7. The van der Waals surface area contributed by atoms with E-state index in [1.165, 1.54) is 11.8 Å². The minimum atomic E-state index is -0.227. The van der Waals surface area contributed by atoms with Gasteiger partial charge in [-0.1, -0.05) is 66.2 Å². The number of anilines is 1. The van der Waals surface area contributed by atoms with Crippen molar-refractivity contribution in [3.05, 3.63) is 100 Å². The first-order valence-electron chi connectivity index (χ1n) is 13.0. The molecule has 200 valence electrons. The predicted molar refractivity (Wildman–Crippen MR) is 160 cm³/mol. The van der Waals surface area contributed by atoms with Gasteiger partial charge in [0.2, 0.25) is 11.8 Å². The monoisotopic (exact) mass is 558 g/mol. The van der Waals surface area contributed by atoms with Gasteiger partial charge in [0.15, 0.2) is 0 Å². The smallest absolute Gasteiger partial charge is 0.240 e. The maximum absolute atomic E-state index is 13.8. The van der Waals surface area contributed by atoms with Crippen molar-refractivity contribution in [3.63, 3.8) is 0 Å². The van der Waals surface area contributed by atoms with Gasteiger partial charge in [-0.2, -0.15) is 5.10 Å². The van der Waals surface area contributed by atoms with E-state index < -0.39 is 0 Å². The summed E-state index contributed by atoms with van der Waals surface area (Å²) in [7, 11) is 0. The molecule has 1 N–H and O–H groups in total. The van der Waals surface area contributed by atoms with Gasteiger partial charge in [0, 0.05) is 22.2 Å². The summed E-state index contributed by atoms with van der Waals surface area (Å²) in [5.74, 6) is 0.463. The van der Waals surface area contributed by atoms with Crippen molar-refractivity contribution in [3.8, 4) is 16.9 Å². The first kappa shape index (κ1) is 27.0. The lowest BCUT2D eigenvalue weighted by Crippen LogP contribution is -2.44. The van der Waals surface area contributed by atoms with Crippen molar-refractivity contribution in [2.75, 3.05) is 17.2 Å². The highest BCUT2D eigenvalue weighted by atomic mass is 35.5. The number of aryl methyl sites for hydroxylation is 1. The molecule has 0 saturated heterocycles. The molecule has 4 aromatic rings. The van der Waals surface area contributed by atoms with Gasteiger partial charge in [0.25, 0.3) is 0 Å². The molecule has 1 aliphatic heterocycles. The second-order valence-electron chi connectivity index (χ2n) is 10.0. The quantitative estimate of drug-likeness (QED) is 0.293. The highest BCUT2D eigenvalue weighted by molar-refractivity contribution is 8.00. The van der Waals surface area contributed by atoms with Gasteiger partial charge in [-0.25, -0.2) is 4.68 Å². The summed E-state index contributed by atoms with van der Waals surface area (Å²) in [6.45, 7) is 7.83. The number of nitrogens with zero attached hydrogens (tertiary/aromatic N) is 3. The van der Waals surface area contributed by atoms with E-state index in [4.69, 9.17) is 16.7 Å². The first-order valence-corrected chi connectivity index (χ1v) is 14.4. The number of thioether (sulfide) groups is 1. The molecule has 1 aromatic heterocycles. The molecule has 3 aromatic carbocycles. The van der Waals surface area contributed by atoms with Crippen LogP contribution in [0.25, 0.3) is 16.9 Å². The third-order valence-electron chi connectivity index (χ3n) is 6.84. The van der Waals surface area contributed by atoms with E-state index in [1.807, 2.05) is 85.3 Å². The van der Waals surface area contributed by atoms with Gasteiger partial charge in [0.1, 0.15) is 12.4 Å². The fraction of sp³-hybridized carbons (Fsp3) is 0.258. The molecule has 0 aliphatic carbocycles. The number of benzene rings is 3. The second kappa shape index (κ2) is 11.3. The Morgan fingerprint density at radius 3 is 2.54 bits per heavy atom. The average molecular weight is 559 g/mol. The number of hydrogen-bond donors (Lipinski definition) is 1. The van der Waals surface area contributed by atoms with E-state index in [1.54, 1.807) is 4.90 Å². The molecule has 6 nitrogen and oxygen atoms in total. The summed E-state index contributed by atoms with van der Waals surface area (Å²) in [5, 5.41) is 8.51. The third-order valence-corrected chi connectivity index (χ3v) is 8.33. The van der Waals surface area contributed by atoms with Crippen molar-refractivity contribution in [1.29, 1.82) is 0 Å². The van der Waals surface area contributed by atoms with Crippen LogP contribution in [0.5, 0.6) is 0 Å². The van der Waals surface area contributed by atoms with E-state index in [9.17, 15) is 9.59 Å². The van der Waals surface area contributed by atoms with E-state index in [0.717, 1.165) is 39.2 Å². The Kier molecular flexibility index (Phi) is 7.82. The summed E-state index contributed by atoms with van der Waals surface area (Å²) in [4.78, 5) is 28.5. The molecule has 1 aliphatic rings. The number of rotatable bonds is 6. The van der Waals surface area contributed by atoms with Crippen molar-refractivity contribution >= 4 is 41.0 Å². The number of nitrogens with one attached hydrogen (secondary N) is 1. The number of halogens is 1. The van der Waals surface area contributed by atoms with Gasteiger partial charge < -0.3 is 5.32 Å². The van der Waals surface area contributed by atoms with Crippen LogP contribution in [0.15, 0.2) is 72.8 Å². The van der Waals surface area contributed by atoms with Crippen molar-refractivity contribution in [2.24, 2.45) is 0 Å². The Labute approximate surface area is 238 Å². The normalized spacial score (nSPS) is 15.3. The largest absolute Gasteiger partial charge is 0.352 e. The zero-order valence-electron chi connectivity index (χ0n) is 22.4. The molecule has 0 spiro atoms. The molecular weight excluding hydrogens is 528 g/mol. The number of carbonyl (C=O) groups excluding carboxylic acids is 2. The molecule has 2 heterocycles. The second-order valence-corrected chi connectivity index (χ2v) is 11.6. The Bertz CT molecular complexity index is 1530. The van der Waals surface area contributed by atoms with Gasteiger partial charge in [-0.3, -0.25) is 14.5 Å². The number of carbonyl (C=O) groups is 2. The van der Waals surface area contributed by atoms with Gasteiger partial charge in [0.05, 0.1) is 22.4 Å². The lowest BCUT2D eigenvalue weighted by Gasteiger charge is -2.24. The van der Waals surface area contributed by atoms with Crippen LogP contribution in [0.2, 0.25) is 5.02 Å². The minimum Gasteiger partial charge on any atom is -0.352 e. The fourth-order valence-electron chi connectivity index (χ4n) is 4.91. The van der Waals surface area contributed by atoms with Crippen LogP contribution in [0.4, 0.5) is 5.82 Å². The summed E-state index contributed by atoms with van der Waals surface area (Å²) < 4.78 is 1.85. The van der Waals surface area contributed by atoms with Crippen LogP contribution in [-0.4, -0.2) is 39.9 Å². The lowest BCUT2D eigenvalue weighted by molar-refractivity contribution is -0.123. The summed E-state index contributed by atoms with van der Waals surface area (Å²) in [6.07, 6.45) is 0. The molecule has 0 bridgehead atoms. The van der Waals surface area contributed by atoms with E-state index >= 15 is 0 Å². The maximum atomic E-state index is 13.8. The molecule has 1 atom stereocenters. The van der Waals surface area contributed by atoms with Crippen LogP contribution in [0.3, 0.4) is 0 Å². The average Bonchev–Trinajstić information content (AvgIpc) is 3.22. The van der Waals surface area contributed by atoms with E-state index in [0.29, 0.717) is 10.8 Å². The van der Waals surface area contributed by atoms with Crippen LogP contribution >= 0.6 is 23.4 Å². The molecule has 2 amide bonds. The summed E-state index contributed by atoms with van der Waals surface area (Å²) in [6, 6.07) is 23.7. The first-order chi connectivity index (χ1) is 18.7. The predicted octanol–water partition coefficient (Wildman–Crippen LogP) is 6.50. The Morgan fingerprint density at radius 1 is 1.08 bits per heavy atom. The van der Waals surface area contributed by atoms with Crippen LogP contribution in [0, 0.1) is 13.8 Å². The molecular formula is C31H31ClN4O2S. The van der Waals surface area contributed by atoms with Gasteiger partial charge >= 0.3 is 0 Å². The van der Waals surface area contributed by atoms with Gasteiger partial charge in [-0.15, -0.1) is 11.8 Å². The third kappa shape index (κ3) is 5.47. The number of hydrogen-bond acceptors (Lipinski definition) is 4. The zero-order valence-corrected chi connectivity index (χ0v) is 24.0. The molecule has 0 fully saturated rings. The van der Waals surface area contributed by atoms with Crippen molar-refractivity contribution in [2.45, 2.75) is 39.0 Å². The molecule has 8 heteroatoms. The number of amides is 2. The Hall–Kier alpha value is -3.55. The molecule has 5 rings (SSSR count). The van der Waals surface area contributed by atoms with Crippen LogP contribution in [0.1, 0.15) is 41.4 Å². The lowest BCUT2D eigenvalue weighted by atomic mass is 9.99. The highest BCUT2D eigenvalue weighted by Crippen LogP contribution is 2.49. The standard InChI is InChI=1S/C31H31ClN4O2S/c1-19(2)33-26(37)17-35-27(38)18-39-30(23-13-9-14-24(32)16-23)28-29(22-11-6-5-7-12-22)34-36(31(28)35)25-15-8-10-20(3)21(25)4/h5-16,19,30H,17-18H2,1-4H3,(H,33,37)/t30-/m1/s1. The van der Waals surface area contributed by atoms with Crippen molar-refractivity contribution < 1.29 is 9.59 Å². The molecule has 0 radical (unpaired) electrons. The molecule has 0 saturated carbocycles. The van der Waals surface area contributed by atoms with E-state index in [-0.39, 0.29) is 35.4 Å². The number of aromatic nitrogens is 2. The Balaban J connectivity index is 1.84. The molecule has 39 heavy (non-hydrogen) atoms.